The van der Waals surface area contributed by atoms with Gasteiger partial charge in [-0.05, 0) is 17.2 Å². The lowest BCUT2D eigenvalue weighted by molar-refractivity contribution is 0.0991. The molecule has 1 unspecified atom stereocenters. The molecule has 0 saturated heterocycles. The third-order valence-corrected chi connectivity index (χ3v) is 3.78. The molecule has 3 heteroatoms. The Hall–Kier alpha value is -1.74. The Morgan fingerprint density at radius 1 is 1.05 bits per heavy atom. The van der Waals surface area contributed by atoms with Crippen LogP contribution in [0.5, 0.6) is 0 Å². The van der Waals surface area contributed by atoms with Gasteiger partial charge in [-0.1, -0.05) is 50.2 Å². The van der Waals surface area contributed by atoms with Crippen molar-refractivity contribution in [3.8, 4) is 0 Å². The maximum Gasteiger partial charge on any atom is 0.129 e. The highest BCUT2D eigenvalue weighted by Crippen LogP contribution is 2.29. The van der Waals surface area contributed by atoms with E-state index in [4.69, 9.17) is 0 Å². The minimum atomic E-state index is -0.759. The maximum absolute atomic E-state index is 13.7. The molecule has 2 rings (SSSR count). The zero-order chi connectivity index (χ0) is 14.8. The van der Waals surface area contributed by atoms with Crippen LogP contribution in [0, 0.1) is 11.6 Å². The molecule has 0 aromatic heterocycles. The lowest BCUT2D eigenvalue weighted by Crippen LogP contribution is -2.35. The van der Waals surface area contributed by atoms with E-state index in [1.165, 1.54) is 12.1 Å². The van der Waals surface area contributed by atoms with Gasteiger partial charge in [0, 0.05) is 17.9 Å². The van der Waals surface area contributed by atoms with E-state index in [1.807, 2.05) is 44.2 Å². The number of halogens is 2. The number of aliphatic hydroxyl groups excluding tert-OH is 1. The number of benzene rings is 2. The zero-order valence-electron chi connectivity index (χ0n) is 11.6. The van der Waals surface area contributed by atoms with Crippen molar-refractivity contribution in [3.05, 3.63) is 71.3 Å². The molecule has 106 valence electrons. The largest absolute Gasteiger partial charge is 0.392 e. The van der Waals surface area contributed by atoms with Crippen molar-refractivity contribution in [1.82, 2.24) is 0 Å². The average Bonchev–Trinajstić information content (AvgIpc) is 2.42. The van der Waals surface area contributed by atoms with Crippen LogP contribution < -0.4 is 0 Å². The molecule has 0 fully saturated rings. The SMILES string of the molecule is CC(C)(c1ccccc1)C(O)Cc1ccc(F)cc1F. The summed E-state index contributed by atoms with van der Waals surface area (Å²) in [4.78, 5) is 0. The molecule has 0 spiro atoms. The second-order valence-electron chi connectivity index (χ2n) is 5.54. The van der Waals surface area contributed by atoms with E-state index in [0.717, 1.165) is 11.6 Å². The Bertz CT molecular complexity index is 579. The van der Waals surface area contributed by atoms with Crippen LogP contribution >= 0.6 is 0 Å². The van der Waals surface area contributed by atoms with Crippen molar-refractivity contribution in [2.75, 3.05) is 0 Å². The second kappa shape index (κ2) is 5.71. The fraction of sp³-hybridized carbons (Fsp3) is 0.294. The zero-order valence-corrected chi connectivity index (χ0v) is 11.6. The first kappa shape index (κ1) is 14.7. The molecular formula is C17H18F2O. The predicted molar refractivity (Wildman–Crippen MR) is 75.5 cm³/mol. The predicted octanol–water partition coefficient (Wildman–Crippen LogP) is 3.85. The average molecular weight is 276 g/mol. The van der Waals surface area contributed by atoms with E-state index in [9.17, 15) is 13.9 Å². The fourth-order valence-electron chi connectivity index (χ4n) is 2.21. The molecule has 0 aliphatic rings. The molecule has 1 N–H and O–H groups in total. The molecule has 0 aliphatic heterocycles. The van der Waals surface area contributed by atoms with Crippen LogP contribution in [0.1, 0.15) is 25.0 Å². The van der Waals surface area contributed by atoms with Gasteiger partial charge in [-0.2, -0.15) is 0 Å². The van der Waals surface area contributed by atoms with E-state index in [0.29, 0.717) is 5.56 Å². The number of hydrogen-bond donors (Lipinski definition) is 1. The van der Waals surface area contributed by atoms with E-state index < -0.39 is 23.2 Å². The first-order chi connectivity index (χ1) is 9.41. The Morgan fingerprint density at radius 2 is 1.70 bits per heavy atom. The smallest absolute Gasteiger partial charge is 0.129 e. The van der Waals surface area contributed by atoms with Crippen LogP contribution in [0.25, 0.3) is 0 Å². The molecular weight excluding hydrogens is 258 g/mol. The van der Waals surface area contributed by atoms with Crippen molar-refractivity contribution in [1.29, 1.82) is 0 Å². The summed E-state index contributed by atoms with van der Waals surface area (Å²) >= 11 is 0. The molecule has 0 amide bonds. The third kappa shape index (κ3) is 3.05. The first-order valence-corrected chi connectivity index (χ1v) is 6.59. The van der Waals surface area contributed by atoms with Gasteiger partial charge in [0.25, 0.3) is 0 Å². The number of rotatable bonds is 4. The molecule has 2 aromatic rings. The Balaban J connectivity index is 2.21. The van der Waals surface area contributed by atoms with Gasteiger partial charge in [0.1, 0.15) is 11.6 Å². The third-order valence-electron chi connectivity index (χ3n) is 3.78. The minimum absolute atomic E-state index is 0.147. The van der Waals surface area contributed by atoms with Crippen molar-refractivity contribution >= 4 is 0 Å². The van der Waals surface area contributed by atoms with E-state index >= 15 is 0 Å². The highest BCUT2D eigenvalue weighted by molar-refractivity contribution is 5.27. The van der Waals surface area contributed by atoms with Gasteiger partial charge in [-0.15, -0.1) is 0 Å². The Kier molecular flexibility index (Phi) is 4.19. The summed E-state index contributed by atoms with van der Waals surface area (Å²) in [5.74, 6) is -1.23. The summed E-state index contributed by atoms with van der Waals surface area (Å²) in [7, 11) is 0. The van der Waals surface area contributed by atoms with Gasteiger partial charge < -0.3 is 5.11 Å². The summed E-state index contributed by atoms with van der Waals surface area (Å²) in [6, 6.07) is 13.0. The molecule has 1 atom stereocenters. The summed E-state index contributed by atoms with van der Waals surface area (Å²) in [5.41, 5.74) is 0.792. The Morgan fingerprint density at radius 3 is 2.30 bits per heavy atom. The molecule has 0 saturated carbocycles. The van der Waals surface area contributed by atoms with Crippen molar-refractivity contribution in [2.45, 2.75) is 31.8 Å². The molecule has 1 nitrogen and oxygen atoms in total. The fourth-order valence-corrected chi connectivity index (χ4v) is 2.21. The lowest BCUT2D eigenvalue weighted by Gasteiger charge is -2.31. The summed E-state index contributed by atoms with van der Waals surface area (Å²) in [6.45, 7) is 3.82. The van der Waals surface area contributed by atoms with Crippen LogP contribution in [0.15, 0.2) is 48.5 Å². The summed E-state index contributed by atoms with van der Waals surface area (Å²) in [5, 5.41) is 10.4. The normalized spacial score (nSPS) is 13.2. The molecule has 0 heterocycles. The molecule has 0 radical (unpaired) electrons. The van der Waals surface area contributed by atoms with Crippen LogP contribution in [0.4, 0.5) is 8.78 Å². The monoisotopic (exact) mass is 276 g/mol. The van der Waals surface area contributed by atoms with Gasteiger partial charge in [-0.25, -0.2) is 8.78 Å². The first-order valence-electron chi connectivity index (χ1n) is 6.59. The lowest BCUT2D eigenvalue weighted by atomic mass is 9.77. The molecule has 0 aliphatic carbocycles. The topological polar surface area (TPSA) is 20.2 Å². The highest BCUT2D eigenvalue weighted by Gasteiger charge is 2.30. The van der Waals surface area contributed by atoms with Gasteiger partial charge in [-0.3, -0.25) is 0 Å². The quantitative estimate of drug-likeness (QED) is 0.899. The van der Waals surface area contributed by atoms with Crippen molar-refractivity contribution < 1.29 is 13.9 Å². The van der Waals surface area contributed by atoms with Crippen LogP contribution in [0.3, 0.4) is 0 Å². The molecule has 0 bridgehead atoms. The standard InChI is InChI=1S/C17H18F2O/c1-17(2,13-6-4-3-5-7-13)16(20)10-12-8-9-14(18)11-15(12)19/h3-9,11,16,20H,10H2,1-2H3. The van der Waals surface area contributed by atoms with Crippen LogP contribution in [-0.2, 0) is 11.8 Å². The Labute approximate surface area is 117 Å². The van der Waals surface area contributed by atoms with Crippen molar-refractivity contribution in [2.24, 2.45) is 0 Å². The van der Waals surface area contributed by atoms with Gasteiger partial charge in [0.2, 0.25) is 0 Å². The van der Waals surface area contributed by atoms with Crippen LogP contribution in [0.2, 0.25) is 0 Å². The minimum Gasteiger partial charge on any atom is -0.392 e. The second-order valence-corrected chi connectivity index (χ2v) is 5.54. The van der Waals surface area contributed by atoms with E-state index in [2.05, 4.69) is 0 Å². The van der Waals surface area contributed by atoms with Gasteiger partial charge in [0.15, 0.2) is 0 Å². The number of hydrogen-bond acceptors (Lipinski definition) is 1. The van der Waals surface area contributed by atoms with Gasteiger partial charge >= 0.3 is 0 Å². The summed E-state index contributed by atoms with van der Waals surface area (Å²) in [6.07, 6.45) is -0.613. The number of aliphatic hydroxyl groups is 1. The van der Waals surface area contributed by atoms with E-state index in [1.54, 1.807) is 0 Å². The molecule has 2 aromatic carbocycles. The highest BCUT2D eigenvalue weighted by atomic mass is 19.1. The maximum atomic E-state index is 13.7. The van der Waals surface area contributed by atoms with Crippen molar-refractivity contribution in [3.63, 3.8) is 0 Å². The van der Waals surface area contributed by atoms with Gasteiger partial charge in [0.05, 0.1) is 6.10 Å². The molecule has 20 heavy (non-hydrogen) atoms. The van der Waals surface area contributed by atoms with Crippen LogP contribution in [-0.4, -0.2) is 11.2 Å². The summed E-state index contributed by atoms with van der Waals surface area (Å²) < 4.78 is 26.5. The van der Waals surface area contributed by atoms with E-state index in [-0.39, 0.29) is 6.42 Å².